The van der Waals surface area contributed by atoms with Crippen LogP contribution in [-0.2, 0) is 19.2 Å². The van der Waals surface area contributed by atoms with E-state index in [2.05, 4.69) is 10.6 Å². The number of nitrogens with two attached hydrogens (primary N) is 1. The summed E-state index contributed by atoms with van der Waals surface area (Å²) < 4.78 is 0. The highest BCUT2D eigenvalue weighted by Crippen LogP contribution is 2.19. The van der Waals surface area contributed by atoms with Crippen LogP contribution in [0.25, 0.3) is 0 Å². The number of rotatable bonds is 10. The van der Waals surface area contributed by atoms with E-state index in [9.17, 15) is 29.4 Å². The number of carboxylic acids is 1. The molecule has 0 radical (unpaired) electrons. The zero-order chi connectivity index (χ0) is 23.2. The van der Waals surface area contributed by atoms with E-state index in [1.165, 1.54) is 11.8 Å². The molecule has 1 aliphatic rings. The summed E-state index contributed by atoms with van der Waals surface area (Å²) in [4.78, 5) is 50.7. The summed E-state index contributed by atoms with van der Waals surface area (Å²) in [6.45, 7) is 8.93. The number of carbonyl (C=O) groups is 4. The van der Waals surface area contributed by atoms with Crippen LogP contribution in [-0.4, -0.2) is 75.6 Å². The number of carboxylic acid groups (broad SMARTS) is 1. The van der Waals surface area contributed by atoms with E-state index in [4.69, 9.17) is 5.73 Å². The Morgan fingerprint density at radius 2 is 1.67 bits per heavy atom. The minimum absolute atomic E-state index is 0.0620. The van der Waals surface area contributed by atoms with E-state index >= 15 is 0 Å². The molecular formula is C20H36N4O6. The number of aliphatic carboxylic acids is 1. The fraction of sp³-hybridized carbons (Fsp3) is 0.800. The van der Waals surface area contributed by atoms with E-state index in [0.717, 1.165) is 0 Å². The monoisotopic (exact) mass is 428 g/mol. The van der Waals surface area contributed by atoms with Gasteiger partial charge in [0.1, 0.15) is 18.1 Å². The fourth-order valence-corrected chi connectivity index (χ4v) is 3.38. The molecule has 0 aromatic heterocycles. The smallest absolute Gasteiger partial charge is 0.326 e. The molecule has 0 spiro atoms. The van der Waals surface area contributed by atoms with Gasteiger partial charge >= 0.3 is 5.97 Å². The molecule has 0 saturated carbocycles. The molecular weight excluding hydrogens is 392 g/mol. The van der Waals surface area contributed by atoms with Crippen LogP contribution < -0.4 is 16.4 Å². The van der Waals surface area contributed by atoms with Crippen LogP contribution in [0.5, 0.6) is 0 Å². The van der Waals surface area contributed by atoms with Crippen molar-refractivity contribution in [2.24, 2.45) is 17.6 Å². The first kappa shape index (κ1) is 25.8. The van der Waals surface area contributed by atoms with Gasteiger partial charge < -0.3 is 31.5 Å². The van der Waals surface area contributed by atoms with Crippen molar-refractivity contribution in [2.45, 2.75) is 84.2 Å². The Hall–Kier alpha value is -2.20. The lowest BCUT2D eigenvalue weighted by molar-refractivity contribution is -0.150. The van der Waals surface area contributed by atoms with Crippen LogP contribution in [0, 0.1) is 11.8 Å². The summed E-state index contributed by atoms with van der Waals surface area (Å²) in [5.41, 5.74) is 5.86. The SMILES string of the molecule is CC(C)CC(NC(=O)C(N)C(C)C)C(=O)NC(C(=O)N1CCCC1C(=O)O)C(C)O. The van der Waals surface area contributed by atoms with E-state index in [1.807, 2.05) is 13.8 Å². The van der Waals surface area contributed by atoms with Crippen LogP contribution >= 0.6 is 0 Å². The Kier molecular flexibility index (Phi) is 9.70. The number of nitrogens with one attached hydrogen (secondary N) is 2. The highest BCUT2D eigenvalue weighted by Gasteiger charge is 2.40. The third-order valence-electron chi connectivity index (χ3n) is 5.23. The molecule has 0 bridgehead atoms. The van der Waals surface area contributed by atoms with E-state index in [0.29, 0.717) is 19.3 Å². The summed E-state index contributed by atoms with van der Waals surface area (Å²) in [5.74, 6) is -2.94. The molecule has 3 amide bonds. The van der Waals surface area contributed by atoms with Gasteiger partial charge in [0, 0.05) is 6.54 Å². The fourth-order valence-electron chi connectivity index (χ4n) is 3.38. The zero-order valence-electron chi connectivity index (χ0n) is 18.4. The molecule has 0 aliphatic carbocycles. The number of nitrogens with zero attached hydrogens (tertiary/aromatic N) is 1. The lowest BCUT2D eigenvalue weighted by Crippen LogP contribution is -2.60. The second-order valence-electron chi connectivity index (χ2n) is 8.72. The molecule has 6 N–H and O–H groups in total. The van der Waals surface area contributed by atoms with Crippen molar-refractivity contribution in [2.75, 3.05) is 6.54 Å². The van der Waals surface area contributed by atoms with Gasteiger partial charge in [0.25, 0.3) is 0 Å². The molecule has 0 aromatic carbocycles. The number of aliphatic hydroxyl groups excluding tert-OH is 1. The number of hydrogen-bond donors (Lipinski definition) is 5. The molecule has 10 nitrogen and oxygen atoms in total. The molecule has 5 unspecified atom stereocenters. The molecule has 172 valence electrons. The average molecular weight is 429 g/mol. The van der Waals surface area contributed by atoms with Gasteiger partial charge in [0.05, 0.1) is 12.1 Å². The quantitative estimate of drug-likeness (QED) is 0.311. The van der Waals surface area contributed by atoms with E-state index in [-0.39, 0.29) is 18.4 Å². The molecule has 1 rings (SSSR count). The number of hydrogen-bond acceptors (Lipinski definition) is 6. The average Bonchev–Trinajstić information content (AvgIpc) is 3.13. The standard InChI is InChI=1S/C20H36N4O6/c1-10(2)9-13(22-18(27)15(21)11(3)4)17(26)23-16(12(5)25)19(28)24-8-6-7-14(24)20(29)30/h10-16,25H,6-9,21H2,1-5H3,(H,22,27)(H,23,26)(H,29,30). The van der Waals surface area contributed by atoms with Gasteiger partial charge in [0.15, 0.2) is 0 Å². The van der Waals surface area contributed by atoms with Gasteiger partial charge in [-0.25, -0.2) is 4.79 Å². The molecule has 30 heavy (non-hydrogen) atoms. The maximum absolute atomic E-state index is 12.9. The van der Waals surface area contributed by atoms with Gasteiger partial charge in [0.2, 0.25) is 17.7 Å². The molecule has 1 heterocycles. The summed E-state index contributed by atoms with van der Waals surface area (Å²) in [5, 5.41) is 24.6. The first-order chi connectivity index (χ1) is 13.9. The Morgan fingerprint density at radius 1 is 1.07 bits per heavy atom. The molecule has 1 saturated heterocycles. The molecule has 0 aromatic rings. The number of aliphatic hydroxyl groups is 1. The van der Waals surface area contributed by atoms with Crippen molar-refractivity contribution in [3.63, 3.8) is 0 Å². The van der Waals surface area contributed by atoms with Crippen molar-refractivity contribution in [1.82, 2.24) is 15.5 Å². The normalized spacial score (nSPS) is 20.6. The third-order valence-corrected chi connectivity index (χ3v) is 5.23. The first-order valence-electron chi connectivity index (χ1n) is 10.4. The number of amides is 3. The molecule has 10 heteroatoms. The summed E-state index contributed by atoms with van der Waals surface area (Å²) in [6.07, 6.45) is -0.0853. The number of carbonyl (C=O) groups excluding carboxylic acids is 3. The third kappa shape index (κ3) is 6.94. The van der Waals surface area contributed by atoms with Crippen molar-refractivity contribution < 1.29 is 29.4 Å². The Labute approximate surface area is 177 Å². The van der Waals surface area contributed by atoms with E-state index in [1.54, 1.807) is 13.8 Å². The maximum Gasteiger partial charge on any atom is 0.326 e. The Balaban J connectivity index is 2.97. The second-order valence-corrected chi connectivity index (χ2v) is 8.72. The van der Waals surface area contributed by atoms with Crippen molar-refractivity contribution in [1.29, 1.82) is 0 Å². The van der Waals surface area contributed by atoms with Crippen LogP contribution in [0.3, 0.4) is 0 Å². The first-order valence-corrected chi connectivity index (χ1v) is 10.4. The van der Waals surface area contributed by atoms with Gasteiger partial charge in [-0.15, -0.1) is 0 Å². The summed E-state index contributed by atoms with van der Waals surface area (Å²) in [7, 11) is 0. The van der Waals surface area contributed by atoms with Crippen LogP contribution in [0.15, 0.2) is 0 Å². The highest BCUT2D eigenvalue weighted by molar-refractivity contribution is 5.94. The topological polar surface area (TPSA) is 162 Å². The lowest BCUT2D eigenvalue weighted by atomic mass is 10.00. The zero-order valence-corrected chi connectivity index (χ0v) is 18.4. The minimum atomic E-state index is -1.32. The predicted octanol–water partition coefficient (Wildman–Crippen LogP) is -0.558. The highest BCUT2D eigenvalue weighted by atomic mass is 16.4. The van der Waals surface area contributed by atoms with Crippen LogP contribution in [0.1, 0.15) is 53.9 Å². The number of likely N-dealkylation sites (tertiary alicyclic amines) is 1. The summed E-state index contributed by atoms with van der Waals surface area (Å²) in [6, 6.07) is -4.03. The van der Waals surface area contributed by atoms with Gasteiger partial charge in [-0.05, 0) is 38.0 Å². The van der Waals surface area contributed by atoms with E-state index < -0.39 is 54.0 Å². The van der Waals surface area contributed by atoms with Crippen molar-refractivity contribution in [3.8, 4) is 0 Å². The van der Waals surface area contributed by atoms with Crippen molar-refractivity contribution >= 4 is 23.7 Å². The van der Waals surface area contributed by atoms with Gasteiger partial charge in [-0.2, -0.15) is 0 Å². The minimum Gasteiger partial charge on any atom is -0.480 e. The van der Waals surface area contributed by atoms with Crippen molar-refractivity contribution in [3.05, 3.63) is 0 Å². The lowest BCUT2D eigenvalue weighted by Gasteiger charge is -2.30. The van der Waals surface area contributed by atoms with Crippen LogP contribution in [0.2, 0.25) is 0 Å². The second kappa shape index (κ2) is 11.3. The van der Waals surface area contributed by atoms with Gasteiger partial charge in [-0.3, -0.25) is 14.4 Å². The largest absolute Gasteiger partial charge is 0.480 e. The van der Waals surface area contributed by atoms with Gasteiger partial charge in [-0.1, -0.05) is 27.7 Å². The predicted molar refractivity (Wildman–Crippen MR) is 110 cm³/mol. The maximum atomic E-state index is 12.9. The molecule has 1 aliphatic heterocycles. The summed E-state index contributed by atoms with van der Waals surface area (Å²) >= 11 is 0. The molecule has 1 fully saturated rings. The Bertz CT molecular complexity index is 637. The molecule has 5 atom stereocenters. The van der Waals surface area contributed by atoms with Crippen LogP contribution in [0.4, 0.5) is 0 Å². The Morgan fingerprint density at radius 3 is 2.13 bits per heavy atom.